The third-order valence-electron chi connectivity index (χ3n) is 3.24. The van der Waals surface area contributed by atoms with Crippen LogP contribution < -0.4 is 5.32 Å². The number of aryl methyl sites for hydroxylation is 1. The molecule has 1 aromatic heterocycles. The molecule has 5 nitrogen and oxygen atoms in total. The zero-order valence-corrected chi connectivity index (χ0v) is 14.4. The molecule has 0 saturated heterocycles. The number of ether oxygens (including phenoxy) is 1. The summed E-state index contributed by atoms with van der Waals surface area (Å²) in [6, 6.07) is 4.95. The van der Waals surface area contributed by atoms with Gasteiger partial charge in [0.1, 0.15) is 0 Å². The number of benzene rings is 1. The van der Waals surface area contributed by atoms with Gasteiger partial charge in [0.15, 0.2) is 29.8 Å². The van der Waals surface area contributed by atoms with Gasteiger partial charge in [0.2, 0.25) is 0 Å². The lowest BCUT2D eigenvalue weighted by molar-refractivity contribution is -0.147. The number of hydrogen-bond donors (Lipinski definition) is 1. The van der Waals surface area contributed by atoms with Gasteiger partial charge in [0.05, 0.1) is 17.0 Å². The number of anilines is 1. The van der Waals surface area contributed by atoms with E-state index in [9.17, 15) is 27.6 Å². The van der Waals surface area contributed by atoms with Crippen LogP contribution in [0.2, 0.25) is 0 Å². The molecule has 0 aliphatic rings. The zero-order valence-electron chi connectivity index (χ0n) is 13.6. The lowest BCUT2D eigenvalue weighted by Gasteiger charge is -2.08. The molecule has 0 saturated carbocycles. The first kappa shape index (κ1) is 19.6. The second-order valence-electron chi connectivity index (χ2n) is 5.27. The normalized spacial score (nSPS) is 10.5. The smallest absolute Gasteiger partial charge is 0.306 e. The Hall–Kier alpha value is -2.68. The molecule has 0 aliphatic carbocycles. The van der Waals surface area contributed by atoms with Crippen molar-refractivity contribution in [2.24, 2.45) is 0 Å². The molecular weight excluding hydrogens is 371 g/mol. The Morgan fingerprint density at radius 1 is 1.04 bits per heavy atom. The van der Waals surface area contributed by atoms with Crippen molar-refractivity contribution >= 4 is 34.7 Å². The molecule has 1 aromatic carbocycles. The van der Waals surface area contributed by atoms with Crippen molar-refractivity contribution in [2.75, 3.05) is 11.9 Å². The van der Waals surface area contributed by atoms with Crippen LogP contribution >= 0.6 is 11.3 Å². The minimum atomic E-state index is -1.72. The summed E-state index contributed by atoms with van der Waals surface area (Å²) in [5.74, 6) is -6.59. The number of esters is 1. The Bertz CT molecular complexity index is 851. The average molecular weight is 385 g/mol. The minimum absolute atomic E-state index is 0.0712. The maximum absolute atomic E-state index is 13.4. The monoisotopic (exact) mass is 385 g/mol. The molecule has 0 fully saturated rings. The lowest BCUT2D eigenvalue weighted by Crippen LogP contribution is -2.22. The summed E-state index contributed by atoms with van der Waals surface area (Å²) in [5.41, 5.74) is -0.576. The van der Waals surface area contributed by atoms with E-state index in [1.165, 1.54) is 11.3 Å². The number of halogens is 3. The fourth-order valence-electron chi connectivity index (χ4n) is 1.95. The maximum atomic E-state index is 13.4. The van der Waals surface area contributed by atoms with Gasteiger partial charge in [-0.15, -0.1) is 11.3 Å². The standard InChI is InChI=1S/C17H14F3NO4S/c1-9-2-6-13(26-9)12(22)5-7-15(24)25-8-14(23)21-11-4-3-10(18)16(19)17(11)20/h2-4,6H,5,7-8H2,1H3,(H,21,23). The Morgan fingerprint density at radius 3 is 2.42 bits per heavy atom. The van der Waals surface area contributed by atoms with Crippen molar-refractivity contribution < 1.29 is 32.3 Å². The van der Waals surface area contributed by atoms with Crippen LogP contribution in [0.4, 0.5) is 18.9 Å². The topological polar surface area (TPSA) is 72.5 Å². The van der Waals surface area contributed by atoms with Crippen LogP contribution in [0, 0.1) is 24.4 Å². The van der Waals surface area contributed by atoms with Crippen LogP contribution in [0.5, 0.6) is 0 Å². The maximum Gasteiger partial charge on any atom is 0.306 e. The van der Waals surface area contributed by atoms with Crippen molar-refractivity contribution in [3.05, 3.63) is 51.5 Å². The number of rotatable bonds is 7. The lowest BCUT2D eigenvalue weighted by atomic mass is 10.2. The van der Waals surface area contributed by atoms with Gasteiger partial charge >= 0.3 is 5.97 Å². The highest BCUT2D eigenvalue weighted by molar-refractivity contribution is 7.14. The number of nitrogens with one attached hydrogen (secondary N) is 1. The Morgan fingerprint density at radius 2 is 1.77 bits per heavy atom. The van der Waals surface area contributed by atoms with E-state index in [2.05, 4.69) is 4.74 Å². The second kappa shape index (κ2) is 8.61. The minimum Gasteiger partial charge on any atom is -0.456 e. The first-order valence-electron chi connectivity index (χ1n) is 7.46. The number of Topliss-reactive ketones (excluding diaryl/α,β-unsaturated/α-hetero) is 1. The van der Waals surface area contributed by atoms with Gasteiger partial charge < -0.3 is 10.1 Å². The van der Waals surface area contributed by atoms with E-state index in [1.807, 2.05) is 12.2 Å². The first-order chi connectivity index (χ1) is 12.3. The molecule has 1 amide bonds. The Labute approximate surface area is 150 Å². The van der Waals surface area contributed by atoms with Crippen molar-refractivity contribution in [3.8, 4) is 0 Å². The molecular formula is C17H14F3NO4S. The summed E-state index contributed by atoms with van der Waals surface area (Å²) in [7, 11) is 0. The van der Waals surface area contributed by atoms with E-state index >= 15 is 0 Å². The van der Waals surface area contributed by atoms with Crippen LogP contribution in [0.15, 0.2) is 24.3 Å². The average Bonchev–Trinajstić information content (AvgIpc) is 3.05. The predicted molar refractivity (Wildman–Crippen MR) is 88.5 cm³/mol. The molecule has 2 rings (SSSR count). The molecule has 0 aliphatic heterocycles. The van der Waals surface area contributed by atoms with Crippen LogP contribution in [0.3, 0.4) is 0 Å². The number of carbonyl (C=O) groups is 3. The van der Waals surface area contributed by atoms with Crippen molar-refractivity contribution in [1.82, 2.24) is 0 Å². The molecule has 26 heavy (non-hydrogen) atoms. The van der Waals surface area contributed by atoms with Gasteiger partial charge in [-0.25, -0.2) is 13.2 Å². The fourth-order valence-corrected chi connectivity index (χ4v) is 2.79. The van der Waals surface area contributed by atoms with E-state index in [-0.39, 0.29) is 18.6 Å². The summed E-state index contributed by atoms with van der Waals surface area (Å²) in [4.78, 5) is 36.5. The largest absolute Gasteiger partial charge is 0.456 e. The first-order valence-corrected chi connectivity index (χ1v) is 8.28. The highest BCUT2D eigenvalue weighted by Gasteiger charge is 2.17. The summed E-state index contributed by atoms with van der Waals surface area (Å²) < 4.78 is 43.9. The molecule has 0 unspecified atom stereocenters. The number of amides is 1. The van der Waals surface area contributed by atoms with Gasteiger partial charge in [-0.2, -0.15) is 0 Å². The van der Waals surface area contributed by atoms with E-state index in [4.69, 9.17) is 0 Å². The van der Waals surface area contributed by atoms with E-state index in [0.29, 0.717) is 10.9 Å². The third kappa shape index (κ3) is 5.16. The SMILES string of the molecule is Cc1ccc(C(=O)CCC(=O)OCC(=O)Nc2ccc(F)c(F)c2F)s1. The number of hydrogen-bond acceptors (Lipinski definition) is 5. The molecule has 1 N–H and O–H groups in total. The molecule has 138 valence electrons. The summed E-state index contributed by atoms with van der Waals surface area (Å²) in [6.07, 6.45) is -0.291. The summed E-state index contributed by atoms with van der Waals surface area (Å²) in [5, 5.41) is 1.96. The van der Waals surface area contributed by atoms with Gasteiger partial charge in [-0.05, 0) is 31.2 Å². The number of carbonyl (C=O) groups excluding carboxylic acids is 3. The molecule has 9 heteroatoms. The Balaban J connectivity index is 1.77. The second-order valence-corrected chi connectivity index (χ2v) is 6.55. The van der Waals surface area contributed by atoms with Crippen molar-refractivity contribution in [2.45, 2.75) is 19.8 Å². The molecule has 0 radical (unpaired) electrons. The Kier molecular flexibility index (Phi) is 6.51. The van der Waals surface area contributed by atoms with Gasteiger partial charge in [-0.3, -0.25) is 14.4 Å². The molecule has 0 spiro atoms. The quantitative estimate of drug-likeness (QED) is 0.449. The van der Waals surface area contributed by atoms with E-state index < -0.39 is 41.6 Å². The van der Waals surface area contributed by atoms with Crippen LogP contribution in [-0.2, 0) is 14.3 Å². The van der Waals surface area contributed by atoms with Crippen molar-refractivity contribution in [3.63, 3.8) is 0 Å². The van der Waals surface area contributed by atoms with Gasteiger partial charge in [-0.1, -0.05) is 0 Å². The van der Waals surface area contributed by atoms with Crippen molar-refractivity contribution in [1.29, 1.82) is 0 Å². The van der Waals surface area contributed by atoms with Crippen LogP contribution in [-0.4, -0.2) is 24.3 Å². The van der Waals surface area contributed by atoms with Gasteiger partial charge in [0.25, 0.3) is 5.91 Å². The number of thiophene rings is 1. The fraction of sp³-hybridized carbons (Fsp3) is 0.235. The summed E-state index contributed by atoms with van der Waals surface area (Å²) >= 11 is 1.31. The van der Waals surface area contributed by atoms with Crippen LogP contribution in [0.1, 0.15) is 27.4 Å². The van der Waals surface area contributed by atoms with E-state index in [0.717, 1.165) is 10.9 Å². The highest BCUT2D eigenvalue weighted by Crippen LogP contribution is 2.20. The molecule has 0 bridgehead atoms. The molecule has 1 heterocycles. The third-order valence-corrected chi connectivity index (χ3v) is 4.29. The zero-order chi connectivity index (χ0) is 19.3. The highest BCUT2D eigenvalue weighted by atomic mass is 32.1. The van der Waals surface area contributed by atoms with Crippen LogP contribution in [0.25, 0.3) is 0 Å². The predicted octanol–water partition coefficient (Wildman–Crippen LogP) is 3.62. The molecule has 0 atom stereocenters. The molecule has 2 aromatic rings. The summed E-state index contributed by atoms with van der Waals surface area (Å²) in [6.45, 7) is 1.10. The number of ketones is 1. The van der Waals surface area contributed by atoms with E-state index in [1.54, 1.807) is 12.1 Å². The van der Waals surface area contributed by atoms with Gasteiger partial charge in [0, 0.05) is 11.3 Å².